The van der Waals surface area contributed by atoms with Gasteiger partial charge < -0.3 is 11.1 Å². The fraction of sp³-hybridized carbons (Fsp3) is 0.333. The van der Waals surface area contributed by atoms with Crippen molar-refractivity contribution in [2.24, 2.45) is 7.05 Å². The number of nitrogen functional groups attached to an aromatic ring is 1. The summed E-state index contributed by atoms with van der Waals surface area (Å²) in [6, 6.07) is 2.01. The summed E-state index contributed by atoms with van der Waals surface area (Å²) in [5.74, 6) is 0. The summed E-state index contributed by atoms with van der Waals surface area (Å²) < 4.78 is 1.80. The third-order valence-corrected chi connectivity index (χ3v) is 2.73. The lowest BCUT2D eigenvalue weighted by molar-refractivity contribution is 0.742. The second kappa shape index (κ2) is 4.31. The fourth-order valence-corrected chi connectivity index (χ4v) is 1.87. The Morgan fingerprint density at radius 3 is 3.07 bits per heavy atom. The Hall–Kier alpha value is -1.56. The van der Waals surface area contributed by atoms with Crippen LogP contribution in [-0.4, -0.2) is 21.3 Å². The molecule has 15 heavy (non-hydrogen) atoms. The average molecular weight is 223 g/mol. The number of anilines is 2. The number of hydrogen-bond acceptors (Lipinski definition) is 5. The Labute approximate surface area is 91.9 Å². The van der Waals surface area contributed by atoms with Crippen molar-refractivity contribution in [3.63, 3.8) is 0 Å². The highest BCUT2D eigenvalue weighted by Gasteiger charge is 1.99. The Morgan fingerprint density at radius 1 is 1.60 bits per heavy atom. The van der Waals surface area contributed by atoms with E-state index in [4.69, 9.17) is 5.73 Å². The topological polar surface area (TPSA) is 68.8 Å². The highest BCUT2D eigenvalue weighted by Crippen LogP contribution is 2.19. The molecule has 0 aliphatic heterocycles. The minimum absolute atomic E-state index is 0.732. The standard InChI is InChI=1S/C9H13N5S/c1-14-5-3-7(13-14)2-4-11-9-12-6-8(10)15-9/h3,5-6H,2,4,10H2,1H3,(H,11,12). The molecule has 0 amide bonds. The first-order valence-electron chi connectivity index (χ1n) is 4.68. The number of nitrogens with zero attached hydrogens (tertiary/aromatic N) is 3. The first-order chi connectivity index (χ1) is 7.24. The van der Waals surface area contributed by atoms with E-state index in [9.17, 15) is 0 Å². The molecule has 0 aliphatic rings. The lowest BCUT2D eigenvalue weighted by Gasteiger charge is -1.99. The molecule has 6 heteroatoms. The lowest BCUT2D eigenvalue weighted by Crippen LogP contribution is -2.05. The Kier molecular flexibility index (Phi) is 2.86. The SMILES string of the molecule is Cn1ccc(CCNc2ncc(N)s2)n1. The molecule has 0 spiro atoms. The molecule has 0 aliphatic carbocycles. The van der Waals surface area contributed by atoms with Crippen LogP contribution in [0, 0.1) is 0 Å². The quantitative estimate of drug-likeness (QED) is 0.814. The first kappa shape index (κ1) is 9.97. The van der Waals surface area contributed by atoms with Gasteiger partial charge in [0.05, 0.1) is 11.9 Å². The lowest BCUT2D eigenvalue weighted by atomic mass is 10.3. The van der Waals surface area contributed by atoms with Crippen molar-refractivity contribution in [2.75, 3.05) is 17.6 Å². The van der Waals surface area contributed by atoms with Gasteiger partial charge in [0, 0.05) is 26.2 Å². The van der Waals surface area contributed by atoms with Gasteiger partial charge in [-0.1, -0.05) is 11.3 Å². The second-order valence-corrected chi connectivity index (χ2v) is 4.29. The second-order valence-electron chi connectivity index (χ2n) is 3.23. The van der Waals surface area contributed by atoms with E-state index in [1.165, 1.54) is 11.3 Å². The molecule has 0 saturated heterocycles. The zero-order valence-electron chi connectivity index (χ0n) is 8.47. The van der Waals surface area contributed by atoms with E-state index in [0.29, 0.717) is 0 Å². The molecule has 0 radical (unpaired) electrons. The highest BCUT2D eigenvalue weighted by molar-refractivity contribution is 7.19. The number of thiazole rings is 1. The van der Waals surface area contributed by atoms with Crippen molar-refractivity contribution in [1.29, 1.82) is 0 Å². The molecular weight excluding hydrogens is 210 g/mol. The zero-order valence-corrected chi connectivity index (χ0v) is 9.29. The van der Waals surface area contributed by atoms with Gasteiger partial charge in [0.15, 0.2) is 5.13 Å². The van der Waals surface area contributed by atoms with Gasteiger partial charge in [-0.15, -0.1) is 0 Å². The van der Waals surface area contributed by atoms with Gasteiger partial charge in [-0.3, -0.25) is 4.68 Å². The molecule has 0 unspecified atom stereocenters. The van der Waals surface area contributed by atoms with Crippen LogP contribution in [0.3, 0.4) is 0 Å². The smallest absolute Gasteiger partial charge is 0.184 e. The van der Waals surface area contributed by atoms with E-state index in [1.54, 1.807) is 10.9 Å². The predicted octanol–water partition coefficient (Wildman–Crippen LogP) is 1.11. The van der Waals surface area contributed by atoms with Crippen LogP contribution < -0.4 is 11.1 Å². The molecule has 2 aromatic rings. The summed E-state index contributed by atoms with van der Waals surface area (Å²) in [4.78, 5) is 4.11. The molecule has 5 nitrogen and oxygen atoms in total. The van der Waals surface area contributed by atoms with Crippen LogP contribution in [0.2, 0.25) is 0 Å². The van der Waals surface area contributed by atoms with Gasteiger partial charge in [0.1, 0.15) is 5.00 Å². The molecule has 3 N–H and O–H groups in total. The van der Waals surface area contributed by atoms with Crippen LogP contribution in [0.15, 0.2) is 18.5 Å². The van der Waals surface area contributed by atoms with Crippen molar-refractivity contribution >= 4 is 21.5 Å². The van der Waals surface area contributed by atoms with Gasteiger partial charge in [0.25, 0.3) is 0 Å². The maximum absolute atomic E-state index is 5.57. The van der Waals surface area contributed by atoms with Crippen molar-refractivity contribution in [2.45, 2.75) is 6.42 Å². The molecule has 2 heterocycles. The third kappa shape index (κ3) is 2.69. The van der Waals surface area contributed by atoms with Crippen LogP contribution in [0.5, 0.6) is 0 Å². The monoisotopic (exact) mass is 223 g/mol. The van der Waals surface area contributed by atoms with E-state index < -0.39 is 0 Å². The van der Waals surface area contributed by atoms with E-state index in [2.05, 4.69) is 15.4 Å². The number of nitrogens with one attached hydrogen (secondary N) is 1. The molecule has 0 aromatic carbocycles. The average Bonchev–Trinajstić information content (AvgIpc) is 2.76. The minimum atomic E-state index is 0.732. The molecule has 0 fully saturated rings. The number of hydrogen-bond donors (Lipinski definition) is 2. The van der Waals surface area contributed by atoms with Crippen molar-refractivity contribution < 1.29 is 0 Å². The first-order valence-corrected chi connectivity index (χ1v) is 5.49. The van der Waals surface area contributed by atoms with Crippen molar-refractivity contribution in [1.82, 2.24) is 14.8 Å². The molecule has 80 valence electrons. The summed E-state index contributed by atoms with van der Waals surface area (Å²) in [5.41, 5.74) is 6.64. The van der Waals surface area contributed by atoms with Crippen molar-refractivity contribution in [3.05, 3.63) is 24.2 Å². The van der Waals surface area contributed by atoms with E-state index in [1.807, 2.05) is 19.3 Å². The fourth-order valence-electron chi connectivity index (χ4n) is 1.26. The van der Waals surface area contributed by atoms with Crippen LogP contribution in [0.1, 0.15) is 5.69 Å². The predicted molar refractivity (Wildman–Crippen MR) is 61.9 cm³/mol. The van der Waals surface area contributed by atoms with Gasteiger partial charge >= 0.3 is 0 Å². The van der Waals surface area contributed by atoms with Crippen LogP contribution >= 0.6 is 11.3 Å². The largest absolute Gasteiger partial charge is 0.389 e. The highest BCUT2D eigenvalue weighted by atomic mass is 32.1. The van der Waals surface area contributed by atoms with E-state index in [-0.39, 0.29) is 0 Å². The normalized spacial score (nSPS) is 10.5. The third-order valence-electron chi connectivity index (χ3n) is 1.95. The Balaban J connectivity index is 1.80. The van der Waals surface area contributed by atoms with E-state index >= 15 is 0 Å². The van der Waals surface area contributed by atoms with Crippen LogP contribution in [-0.2, 0) is 13.5 Å². The van der Waals surface area contributed by atoms with Crippen molar-refractivity contribution in [3.8, 4) is 0 Å². The maximum atomic E-state index is 5.57. The number of aryl methyl sites for hydroxylation is 1. The zero-order chi connectivity index (χ0) is 10.7. The Morgan fingerprint density at radius 2 is 2.47 bits per heavy atom. The van der Waals surface area contributed by atoms with Gasteiger partial charge in [-0.2, -0.15) is 5.10 Å². The van der Waals surface area contributed by atoms with Crippen LogP contribution in [0.25, 0.3) is 0 Å². The van der Waals surface area contributed by atoms with Crippen LogP contribution in [0.4, 0.5) is 10.1 Å². The summed E-state index contributed by atoms with van der Waals surface area (Å²) in [6.07, 6.45) is 4.49. The summed E-state index contributed by atoms with van der Waals surface area (Å²) in [5, 5.41) is 9.08. The number of nitrogens with two attached hydrogens (primary N) is 1. The summed E-state index contributed by atoms with van der Waals surface area (Å²) >= 11 is 1.46. The molecule has 0 atom stereocenters. The molecular formula is C9H13N5S. The minimum Gasteiger partial charge on any atom is -0.389 e. The molecule has 0 bridgehead atoms. The maximum Gasteiger partial charge on any atom is 0.184 e. The number of aromatic nitrogens is 3. The summed E-state index contributed by atoms with van der Waals surface area (Å²) in [7, 11) is 1.92. The van der Waals surface area contributed by atoms with Gasteiger partial charge in [0.2, 0.25) is 0 Å². The molecule has 0 saturated carbocycles. The molecule has 2 aromatic heterocycles. The van der Waals surface area contributed by atoms with Gasteiger partial charge in [-0.25, -0.2) is 4.98 Å². The van der Waals surface area contributed by atoms with E-state index in [0.717, 1.165) is 28.8 Å². The summed E-state index contributed by atoms with van der Waals surface area (Å²) in [6.45, 7) is 0.823. The van der Waals surface area contributed by atoms with Gasteiger partial charge in [-0.05, 0) is 6.07 Å². The Bertz CT molecular complexity index is 393. The number of rotatable bonds is 4. The molecule has 2 rings (SSSR count).